The van der Waals surface area contributed by atoms with Gasteiger partial charge in [0.25, 0.3) is 11.8 Å². The van der Waals surface area contributed by atoms with Crippen molar-refractivity contribution in [3.8, 4) is 0 Å². The molecule has 1 saturated heterocycles. The number of nitrogens with zero attached hydrogens (tertiary/aromatic N) is 1. The van der Waals surface area contributed by atoms with Crippen LogP contribution < -0.4 is 22.2 Å². The monoisotopic (exact) mass is 373 g/mol. The largest absolute Gasteiger partial charge is 0.464 e. The van der Waals surface area contributed by atoms with E-state index in [2.05, 4.69) is 10.7 Å². The number of hydrazine groups is 1. The lowest BCUT2D eigenvalue weighted by Gasteiger charge is -2.24. The summed E-state index contributed by atoms with van der Waals surface area (Å²) in [5, 5.41) is 2.96. The Kier molecular flexibility index (Phi) is 7.46. The molecule has 6 N–H and O–H groups in total. The van der Waals surface area contributed by atoms with Gasteiger partial charge in [-0.1, -0.05) is 0 Å². The number of amides is 4. The minimum absolute atomic E-state index is 0.109. The van der Waals surface area contributed by atoms with Crippen molar-refractivity contribution in [2.75, 3.05) is 13.2 Å². The van der Waals surface area contributed by atoms with Crippen molar-refractivity contribution < 1.29 is 33.4 Å². The summed E-state index contributed by atoms with van der Waals surface area (Å²) in [6, 6.07) is -1.88. The molecule has 0 spiro atoms. The molecule has 12 heteroatoms. The Morgan fingerprint density at radius 2 is 1.77 bits per heavy atom. The molecule has 4 amide bonds. The van der Waals surface area contributed by atoms with E-state index >= 15 is 0 Å². The Balaban J connectivity index is 2.71. The molecule has 0 bridgehead atoms. The zero-order valence-corrected chi connectivity index (χ0v) is 14.7. The molecule has 26 heavy (non-hydrogen) atoms. The maximum atomic E-state index is 12.3. The standard InChI is InChI=1S/C14H23N5O7/c1-4-25-14(24)10-9(26-10)13(23)19(5-8(16)20)18-12(22)7(3)17-11(21)6(2)15/h6-7,9-10H,4-5,15H2,1-3H3,(H2,16,20)(H,17,21)(H,18,22)/t6?,7?,9-,10+/m0/s1. The molecule has 1 rings (SSSR count). The fraction of sp³-hybridized carbons (Fsp3) is 0.643. The van der Waals surface area contributed by atoms with E-state index in [4.69, 9.17) is 20.9 Å². The van der Waals surface area contributed by atoms with Crippen LogP contribution in [0.15, 0.2) is 0 Å². The molecule has 4 atom stereocenters. The first kappa shape index (κ1) is 21.3. The number of hydrogen-bond acceptors (Lipinski definition) is 8. The Bertz CT molecular complexity index is 594. The molecule has 1 aliphatic rings. The third kappa shape index (κ3) is 5.97. The Hall–Kier alpha value is -2.73. The van der Waals surface area contributed by atoms with Gasteiger partial charge in [-0.05, 0) is 20.8 Å². The zero-order chi connectivity index (χ0) is 20.0. The van der Waals surface area contributed by atoms with E-state index in [1.165, 1.54) is 13.8 Å². The van der Waals surface area contributed by atoms with Crippen LogP contribution in [0.1, 0.15) is 20.8 Å². The number of epoxide rings is 1. The maximum Gasteiger partial charge on any atom is 0.338 e. The van der Waals surface area contributed by atoms with Crippen LogP contribution in [0.25, 0.3) is 0 Å². The summed E-state index contributed by atoms with van der Waals surface area (Å²) in [5.74, 6) is -3.84. The van der Waals surface area contributed by atoms with Gasteiger partial charge in [-0.3, -0.25) is 24.6 Å². The second-order valence-corrected chi connectivity index (χ2v) is 5.62. The second-order valence-electron chi connectivity index (χ2n) is 5.62. The number of rotatable bonds is 8. The van der Waals surface area contributed by atoms with Crippen LogP contribution in [0.4, 0.5) is 0 Å². The summed E-state index contributed by atoms with van der Waals surface area (Å²) in [5.41, 5.74) is 12.6. The number of ether oxygens (including phenoxy) is 2. The van der Waals surface area contributed by atoms with Crippen molar-refractivity contribution in [3.05, 3.63) is 0 Å². The summed E-state index contributed by atoms with van der Waals surface area (Å²) in [6.07, 6.45) is -2.30. The molecule has 1 heterocycles. The van der Waals surface area contributed by atoms with E-state index in [1.807, 2.05) is 0 Å². The first-order valence-corrected chi connectivity index (χ1v) is 7.86. The Morgan fingerprint density at radius 3 is 2.27 bits per heavy atom. The van der Waals surface area contributed by atoms with Crippen LogP contribution in [0.3, 0.4) is 0 Å². The minimum atomic E-state index is -1.19. The van der Waals surface area contributed by atoms with Gasteiger partial charge in [0.15, 0.2) is 12.2 Å². The molecular formula is C14H23N5O7. The first-order chi connectivity index (χ1) is 12.1. The zero-order valence-electron chi connectivity index (χ0n) is 14.7. The fourth-order valence-corrected chi connectivity index (χ4v) is 1.83. The molecule has 0 saturated carbocycles. The second kappa shape index (κ2) is 9.10. The van der Waals surface area contributed by atoms with Crippen LogP contribution >= 0.6 is 0 Å². The SMILES string of the molecule is CCOC(=O)[C@@H]1O[C@@H]1C(=O)N(CC(N)=O)NC(=O)C(C)NC(=O)C(C)N. The summed E-state index contributed by atoms with van der Waals surface area (Å²) < 4.78 is 9.66. The molecule has 0 aromatic rings. The maximum absolute atomic E-state index is 12.3. The number of nitrogens with one attached hydrogen (secondary N) is 2. The smallest absolute Gasteiger partial charge is 0.338 e. The van der Waals surface area contributed by atoms with Gasteiger partial charge in [0.2, 0.25) is 11.8 Å². The number of nitrogens with two attached hydrogens (primary N) is 2. The predicted octanol–water partition coefficient (Wildman–Crippen LogP) is -3.49. The van der Waals surface area contributed by atoms with Gasteiger partial charge in [0, 0.05) is 0 Å². The fourth-order valence-electron chi connectivity index (χ4n) is 1.83. The van der Waals surface area contributed by atoms with E-state index in [1.54, 1.807) is 6.92 Å². The number of hydrogen-bond donors (Lipinski definition) is 4. The molecule has 1 aliphatic heterocycles. The topological polar surface area (TPSA) is 186 Å². The average molecular weight is 373 g/mol. The van der Waals surface area contributed by atoms with Gasteiger partial charge in [-0.15, -0.1) is 0 Å². The first-order valence-electron chi connectivity index (χ1n) is 7.86. The third-order valence-corrected chi connectivity index (χ3v) is 3.24. The molecule has 0 aromatic carbocycles. The van der Waals surface area contributed by atoms with E-state index in [9.17, 15) is 24.0 Å². The lowest BCUT2D eigenvalue weighted by atomic mass is 10.2. The third-order valence-electron chi connectivity index (χ3n) is 3.24. The van der Waals surface area contributed by atoms with E-state index in [-0.39, 0.29) is 6.61 Å². The summed E-state index contributed by atoms with van der Waals surface area (Å²) in [6.45, 7) is 3.85. The number of primary amides is 1. The lowest BCUT2D eigenvalue weighted by Crippen LogP contribution is -2.57. The quantitative estimate of drug-likeness (QED) is 0.192. The van der Waals surface area contributed by atoms with Crippen LogP contribution in [-0.2, 0) is 33.4 Å². The normalized spacial score (nSPS) is 20.3. The van der Waals surface area contributed by atoms with Crippen LogP contribution in [-0.4, -0.2) is 72.1 Å². The molecule has 146 valence electrons. The van der Waals surface area contributed by atoms with Gasteiger partial charge in [0.05, 0.1) is 12.6 Å². The molecule has 1 fully saturated rings. The molecule has 0 aliphatic carbocycles. The molecule has 12 nitrogen and oxygen atoms in total. The Labute approximate surface area is 149 Å². The summed E-state index contributed by atoms with van der Waals surface area (Å²) >= 11 is 0. The molecule has 0 aromatic heterocycles. The van der Waals surface area contributed by atoms with Crippen molar-refractivity contribution >= 4 is 29.6 Å². The lowest BCUT2D eigenvalue weighted by molar-refractivity contribution is -0.146. The van der Waals surface area contributed by atoms with E-state index < -0.39 is 60.4 Å². The minimum Gasteiger partial charge on any atom is -0.464 e. The molecule has 2 unspecified atom stereocenters. The van der Waals surface area contributed by atoms with Crippen LogP contribution in [0.5, 0.6) is 0 Å². The van der Waals surface area contributed by atoms with Gasteiger partial charge in [-0.25, -0.2) is 9.80 Å². The highest BCUT2D eigenvalue weighted by atomic mass is 16.6. The molecular weight excluding hydrogens is 350 g/mol. The van der Waals surface area contributed by atoms with Gasteiger partial charge < -0.3 is 26.3 Å². The van der Waals surface area contributed by atoms with Crippen LogP contribution in [0, 0.1) is 0 Å². The van der Waals surface area contributed by atoms with Gasteiger partial charge >= 0.3 is 5.97 Å². The predicted molar refractivity (Wildman–Crippen MR) is 85.6 cm³/mol. The number of carbonyl (C=O) groups is 5. The van der Waals surface area contributed by atoms with Crippen molar-refractivity contribution in [2.45, 2.75) is 45.1 Å². The number of esters is 1. The van der Waals surface area contributed by atoms with Crippen molar-refractivity contribution in [1.29, 1.82) is 0 Å². The number of carbonyl (C=O) groups excluding carboxylic acids is 5. The van der Waals surface area contributed by atoms with Gasteiger partial charge in [0.1, 0.15) is 12.6 Å². The highest BCUT2D eigenvalue weighted by molar-refractivity contribution is 5.96. The van der Waals surface area contributed by atoms with Gasteiger partial charge in [-0.2, -0.15) is 0 Å². The highest BCUT2D eigenvalue weighted by Gasteiger charge is 2.53. The highest BCUT2D eigenvalue weighted by Crippen LogP contribution is 2.25. The van der Waals surface area contributed by atoms with Crippen molar-refractivity contribution in [2.24, 2.45) is 11.5 Å². The Morgan fingerprint density at radius 1 is 1.15 bits per heavy atom. The molecule has 0 radical (unpaired) electrons. The van der Waals surface area contributed by atoms with E-state index in [0.717, 1.165) is 0 Å². The average Bonchev–Trinajstić information content (AvgIpc) is 3.33. The van der Waals surface area contributed by atoms with E-state index in [0.29, 0.717) is 5.01 Å². The summed E-state index contributed by atoms with van der Waals surface area (Å²) in [4.78, 5) is 58.6. The van der Waals surface area contributed by atoms with Crippen molar-refractivity contribution in [3.63, 3.8) is 0 Å². The van der Waals surface area contributed by atoms with Crippen molar-refractivity contribution in [1.82, 2.24) is 15.8 Å². The van der Waals surface area contributed by atoms with Crippen LogP contribution in [0.2, 0.25) is 0 Å². The summed E-state index contributed by atoms with van der Waals surface area (Å²) in [7, 11) is 0.